The summed E-state index contributed by atoms with van der Waals surface area (Å²) in [5, 5.41) is 2.17. The van der Waals surface area contributed by atoms with Gasteiger partial charge < -0.3 is 9.30 Å². The largest absolute Gasteiger partial charge is 0.382 e. The summed E-state index contributed by atoms with van der Waals surface area (Å²) in [6.45, 7) is 5.94. The molecule has 0 unspecified atom stereocenters. The van der Waals surface area contributed by atoms with Crippen LogP contribution in [-0.4, -0.2) is 34.7 Å². The summed E-state index contributed by atoms with van der Waals surface area (Å²) in [7, 11) is 1.76. The summed E-state index contributed by atoms with van der Waals surface area (Å²) in [4.78, 5) is 8.22. The molecule has 102 valence electrons. The molecule has 19 heavy (non-hydrogen) atoms. The first-order chi connectivity index (χ1) is 9.28. The van der Waals surface area contributed by atoms with Crippen molar-refractivity contribution in [3.05, 3.63) is 40.1 Å². The molecule has 2 aromatic rings. The molecular formula is C14H19N3OS. The lowest BCUT2D eigenvalue weighted by atomic mass is 10.2. The number of aryl methyl sites for hydroxylation is 1. The van der Waals surface area contributed by atoms with Crippen LogP contribution in [0.1, 0.15) is 22.2 Å². The molecule has 0 fully saturated rings. The maximum Gasteiger partial charge on any atom is 0.0952 e. The zero-order valence-corrected chi connectivity index (χ0v) is 12.2. The molecule has 2 aromatic heterocycles. The maximum absolute atomic E-state index is 5.34. The molecular weight excluding hydrogens is 258 g/mol. The second kappa shape index (κ2) is 5.45. The minimum absolute atomic E-state index is 0.372. The topological polar surface area (TPSA) is 30.3 Å². The fourth-order valence-electron chi connectivity index (χ4n) is 2.68. The van der Waals surface area contributed by atoms with E-state index in [1.165, 1.54) is 16.1 Å². The van der Waals surface area contributed by atoms with Gasteiger partial charge in [0, 0.05) is 37.8 Å². The van der Waals surface area contributed by atoms with Crippen LogP contribution < -0.4 is 0 Å². The van der Waals surface area contributed by atoms with E-state index in [0.29, 0.717) is 6.04 Å². The van der Waals surface area contributed by atoms with E-state index in [4.69, 9.17) is 4.74 Å². The molecule has 1 aliphatic rings. The molecule has 1 atom stereocenters. The lowest BCUT2D eigenvalue weighted by Gasteiger charge is -2.34. The number of fused-ring (bicyclic) bond motifs is 1. The van der Waals surface area contributed by atoms with Crippen molar-refractivity contribution in [2.24, 2.45) is 0 Å². The molecule has 4 nitrogen and oxygen atoms in total. The Morgan fingerprint density at radius 2 is 2.42 bits per heavy atom. The molecule has 0 bridgehead atoms. The van der Waals surface area contributed by atoms with Gasteiger partial charge in [-0.2, -0.15) is 0 Å². The second-order valence-corrected chi connectivity index (χ2v) is 6.10. The van der Waals surface area contributed by atoms with Gasteiger partial charge in [-0.3, -0.25) is 4.90 Å². The summed E-state index contributed by atoms with van der Waals surface area (Å²) in [6, 6.07) is 2.57. The fourth-order valence-corrected chi connectivity index (χ4v) is 3.63. The predicted octanol–water partition coefficient (Wildman–Crippen LogP) is 2.46. The number of thiophene rings is 1. The van der Waals surface area contributed by atoms with Gasteiger partial charge in [-0.25, -0.2) is 4.98 Å². The van der Waals surface area contributed by atoms with E-state index in [1.807, 2.05) is 23.9 Å². The van der Waals surface area contributed by atoms with Crippen LogP contribution in [0, 0.1) is 6.92 Å². The molecule has 0 N–H and O–H groups in total. The number of hydrogen-bond donors (Lipinski definition) is 0. The Morgan fingerprint density at radius 1 is 1.53 bits per heavy atom. The van der Waals surface area contributed by atoms with Crippen molar-refractivity contribution in [3.8, 4) is 0 Å². The highest BCUT2D eigenvalue weighted by atomic mass is 32.1. The normalized spacial score (nSPS) is 19.6. The van der Waals surface area contributed by atoms with E-state index in [-0.39, 0.29) is 0 Å². The van der Waals surface area contributed by atoms with Crippen molar-refractivity contribution in [2.75, 3.05) is 20.3 Å². The predicted molar refractivity (Wildman–Crippen MR) is 76.3 cm³/mol. The molecule has 0 saturated heterocycles. The summed E-state index contributed by atoms with van der Waals surface area (Å²) >= 11 is 1.85. The van der Waals surface area contributed by atoms with Gasteiger partial charge in [0.2, 0.25) is 0 Å². The molecule has 0 saturated carbocycles. The number of methoxy groups -OCH3 is 1. The molecule has 1 aliphatic heterocycles. The van der Waals surface area contributed by atoms with Gasteiger partial charge >= 0.3 is 0 Å². The van der Waals surface area contributed by atoms with Crippen LogP contribution in [0.2, 0.25) is 0 Å². The number of hydrogen-bond acceptors (Lipinski definition) is 4. The van der Waals surface area contributed by atoms with Crippen LogP contribution in [0.4, 0.5) is 0 Å². The van der Waals surface area contributed by atoms with Gasteiger partial charge in [-0.05, 0) is 23.9 Å². The first-order valence-electron chi connectivity index (χ1n) is 6.53. The van der Waals surface area contributed by atoms with E-state index in [2.05, 4.69) is 32.8 Å². The highest BCUT2D eigenvalue weighted by molar-refractivity contribution is 7.10. The number of imidazole rings is 1. The first kappa shape index (κ1) is 12.8. The lowest BCUT2D eigenvalue weighted by Crippen LogP contribution is -2.38. The lowest BCUT2D eigenvalue weighted by molar-refractivity contribution is 0.0987. The van der Waals surface area contributed by atoms with E-state index >= 15 is 0 Å². The standard InChI is InChI=1S/C14H19N3OS/c1-11-3-4-19-14(11)8-16-6-12-5-15-10-17(12)13(7-16)9-18-2/h3-5,10,13H,6-9H2,1-2H3/t13-/m0/s1. The van der Waals surface area contributed by atoms with Crippen LogP contribution in [0.5, 0.6) is 0 Å². The van der Waals surface area contributed by atoms with Gasteiger partial charge in [0.15, 0.2) is 0 Å². The monoisotopic (exact) mass is 277 g/mol. The minimum atomic E-state index is 0.372. The molecule has 3 heterocycles. The Balaban J connectivity index is 1.77. The Kier molecular flexibility index (Phi) is 3.68. The van der Waals surface area contributed by atoms with Crippen molar-refractivity contribution in [1.82, 2.24) is 14.5 Å². The van der Waals surface area contributed by atoms with Crippen molar-refractivity contribution in [2.45, 2.75) is 26.1 Å². The molecule has 0 radical (unpaired) electrons. The number of aromatic nitrogens is 2. The fraction of sp³-hybridized carbons (Fsp3) is 0.500. The zero-order valence-electron chi connectivity index (χ0n) is 11.4. The van der Waals surface area contributed by atoms with Gasteiger partial charge in [0.1, 0.15) is 0 Å². The summed E-state index contributed by atoms with van der Waals surface area (Å²) in [5.74, 6) is 0. The zero-order chi connectivity index (χ0) is 13.2. The van der Waals surface area contributed by atoms with Crippen LogP contribution in [0.25, 0.3) is 0 Å². The quantitative estimate of drug-likeness (QED) is 0.860. The Hall–Kier alpha value is -1.17. The first-order valence-corrected chi connectivity index (χ1v) is 7.41. The summed E-state index contributed by atoms with van der Waals surface area (Å²) < 4.78 is 7.59. The van der Waals surface area contributed by atoms with Gasteiger partial charge in [0.25, 0.3) is 0 Å². The average Bonchev–Trinajstić information content (AvgIpc) is 3.00. The average molecular weight is 277 g/mol. The van der Waals surface area contributed by atoms with E-state index in [1.54, 1.807) is 7.11 Å². The van der Waals surface area contributed by atoms with Gasteiger partial charge in [-0.15, -0.1) is 11.3 Å². The third-order valence-corrected chi connectivity index (χ3v) is 4.70. The highest BCUT2D eigenvalue weighted by Gasteiger charge is 2.25. The van der Waals surface area contributed by atoms with Crippen LogP contribution >= 0.6 is 11.3 Å². The highest BCUT2D eigenvalue weighted by Crippen LogP contribution is 2.25. The molecule has 0 spiro atoms. The summed E-state index contributed by atoms with van der Waals surface area (Å²) in [6.07, 6.45) is 3.89. The van der Waals surface area contributed by atoms with Crippen LogP contribution in [-0.2, 0) is 17.8 Å². The van der Waals surface area contributed by atoms with Crippen molar-refractivity contribution in [3.63, 3.8) is 0 Å². The van der Waals surface area contributed by atoms with Crippen molar-refractivity contribution in [1.29, 1.82) is 0 Å². The SMILES string of the molecule is COC[C@@H]1CN(Cc2sccc2C)Cc2cncn21. The third-order valence-electron chi connectivity index (χ3n) is 3.69. The van der Waals surface area contributed by atoms with Crippen LogP contribution in [0.3, 0.4) is 0 Å². The molecule has 3 rings (SSSR count). The molecule has 0 aliphatic carbocycles. The van der Waals surface area contributed by atoms with Gasteiger partial charge in [-0.1, -0.05) is 0 Å². The van der Waals surface area contributed by atoms with Crippen molar-refractivity contribution < 1.29 is 4.74 Å². The molecule has 0 aromatic carbocycles. The second-order valence-electron chi connectivity index (χ2n) is 5.10. The Bertz CT molecular complexity index is 548. The van der Waals surface area contributed by atoms with E-state index in [9.17, 15) is 0 Å². The smallest absolute Gasteiger partial charge is 0.0952 e. The molecule has 0 amide bonds. The minimum Gasteiger partial charge on any atom is -0.382 e. The number of rotatable bonds is 4. The van der Waals surface area contributed by atoms with E-state index < -0.39 is 0 Å². The number of nitrogens with zero attached hydrogens (tertiary/aromatic N) is 3. The number of ether oxygens (including phenoxy) is 1. The molecule has 5 heteroatoms. The van der Waals surface area contributed by atoms with Gasteiger partial charge in [0.05, 0.1) is 24.7 Å². The van der Waals surface area contributed by atoms with Crippen LogP contribution in [0.15, 0.2) is 24.0 Å². The van der Waals surface area contributed by atoms with E-state index in [0.717, 1.165) is 26.2 Å². The Labute approximate surface area is 117 Å². The third kappa shape index (κ3) is 2.59. The summed E-state index contributed by atoms with van der Waals surface area (Å²) in [5.41, 5.74) is 2.68. The maximum atomic E-state index is 5.34. The Morgan fingerprint density at radius 3 is 3.16 bits per heavy atom. The van der Waals surface area contributed by atoms with Crippen molar-refractivity contribution >= 4 is 11.3 Å².